The van der Waals surface area contributed by atoms with E-state index >= 15 is 0 Å². The van der Waals surface area contributed by atoms with Gasteiger partial charge >= 0.3 is 5.69 Å². The number of nitrogens with zero attached hydrogens (tertiary/aromatic N) is 5. The van der Waals surface area contributed by atoms with Crippen molar-refractivity contribution in [3.05, 3.63) is 62.4 Å². The van der Waals surface area contributed by atoms with Gasteiger partial charge in [-0.2, -0.15) is 5.10 Å². The summed E-state index contributed by atoms with van der Waals surface area (Å²) in [4.78, 5) is 32.7. The van der Waals surface area contributed by atoms with Crippen LogP contribution in [0.1, 0.15) is 0 Å². The molecule has 0 aliphatic carbocycles. The number of aryl methyl sites for hydroxylation is 1. The molecule has 32 heavy (non-hydrogen) atoms. The average Bonchev–Trinajstić information content (AvgIpc) is 3.30. The number of H-pyrrole nitrogens is 1. The lowest BCUT2D eigenvalue weighted by Crippen LogP contribution is -2.32. The lowest BCUT2D eigenvalue weighted by molar-refractivity contribution is 0.0865. The highest BCUT2D eigenvalue weighted by Gasteiger charge is 2.22. The molecule has 0 saturated carbocycles. The molecule has 0 aliphatic heterocycles. The maximum absolute atomic E-state index is 12.9. The van der Waals surface area contributed by atoms with Gasteiger partial charge in [0.1, 0.15) is 12.4 Å². The normalized spacial score (nSPS) is 12.0. The molecule has 0 spiro atoms. The largest absolute Gasteiger partial charge is 0.361 e. The molecule has 3 heterocycles. The van der Waals surface area contributed by atoms with Crippen molar-refractivity contribution < 1.29 is 4.74 Å². The van der Waals surface area contributed by atoms with Gasteiger partial charge in [-0.1, -0.05) is 31.2 Å². The number of benzene rings is 1. The smallest absolute Gasteiger partial charge is 0.332 e. The van der Waals surface area contributed by atoms with Crippen LogP contribution >= 0.6 is 11.6 Å². The molecule has 4 aromatic rings. The number of aromatic nitrogens is 6. The Morgan fingerprint density at radius 1 is 1.12 bits per heavy atom. The number of imidazole rings is 1. The van der Waals surface area contributed by atoms with Gasteiger partial charge < -0.3 is 4.74 Å². The predicted octanol–water partition coefficient (Wildman–Crippen LogP) is 3.24. The Bertz CT molecular complexity index is 1380. The fourth-order valence-electron chi connectivity index (χ4n) is 3.38. The summed E-state index contributed by atoms with van der Waals surface area (Å²) in [6, 6.07) is 9.83. The summed E-state index contributed by atoms with van der Waals surface area (Å²) in [7, 11) is 0.511. The van der Waals surface area contributed by atoms with Crippen LogP contribution in [0.2, 0.25) is 30.7 Å². The Balaban J connectivity index is 1.91. The number of halogens is 1. The van der Waals surface area contributed by atoms with E-state index in [1.807, 2.05) is 0 Å². The summed E-state index contributed by atoms with van der Waals surface area (Å²) in [5, 5.41) is 4.80. The number of hydrogen-bond donors (Lipinski definition) is 1. The summed E-state index contributed by atoms with van der Waals surface area (Å²) in [5.74, 6) is 0.481. The molecule has 3 aromatic heterocycles. The Hall–Kier alpha value is -2.95. The van der Waals surface area contributed by atoms with E-state index in [4.69, 9.17) is 21.3 Å². The Labute approximate surface area is 190 Å². The molecule has 11 heteroatoms. The van der Waals surface area contributed by atoms with Crippen LogP contribution in [0.4, 0.5) is 0 Å². The third kappa shape index (κ3) is 4.34. The van der Waals surface area contributed by atoms with Gasteiger partial charge in [0.05, 0.1) is 0 Å². The van der Waals surface area contributed by atoms with Gasteiger partial charge in [-0.05, 0) is 36.4 Å². The first-order valence-corrected chi connectivity index (χ1v) is 14.3. The summed E-state index contributed by atoms with van der Waals surface area (Å²) in [6.07, 6.45) is 1.65. The highest BCUT2D eigenvalue weighted by Crippen LogP contribution is 2.27. The van der Waals surface area contributed by atoms with Crippen molar-refractivity contribution in [3.63, 3.8) is 0 Å². The van der Waals surface area contributed by atoms with Crippen LogP contribution < -0.4 is 11.2 Å². The Kier molecular flexibility index (Phi) is 5.93. The van der Waals surface area contributed by atoms with Gasteiger partial charge in [0.25, 0.3) is 5.56 Å². The van der Waals surface area contributed by atoms with E-state index in [1.54, 1.807) is 52.8 Å². The molecule has 0 saturated heterocycles. The monoisotopic (exact) mass is 472 g/mol. The minimum Gasteiger partial charge on any atom is -0.361 e. The molecular formula is C21H25ClN6O3Si. The summed E-state index contributed by atoms with van der Waals surface area (Å²) in [6.45, 7) is 7.31. The van der Waals surface area contributed by atoms with Crippen molar-refractivity contribution >= 4 is 30.8 Å². The van der Waals surface area contributed by atoms with Gasteiger partial charge in [0, 0.05) is 38.6 Å². The van der Waals surface area contributed by atoms with E-state index in [2.05, 4.69) is 29.7 Å². The van der Waals surface area contributed by atoms with Gasteiger partial charge in [-0.15, -0.1) is 0 Å². The molecule has 0 amide bonds. The lowest BCUT2D eigenvalue weighted by atomic mass is 10.3. The first-order valence-electron chi connectivity index (χ1n) is 10.2. The SMILES string of the molecule is Cn1nccc1-c1nc2c(c(=O)[nH]c(=O)n2COCC[Si](C)(C)C)n1-c1ccc(Cl)cc1. The Morgan fingerprint density at radius 2 is 1.84 bits per heavy atom. The molecule has 4 rings (SSSR count). The summed E-state index contributed by atoms with van der Waals surface area (Å²) < 4.78 is 10.5. The van der Waals surface area contributed by atoms with E-state index in [-0.39, 0.29) is 17.9 Å². The number of rotatable bonds is 7. The van der Waals surface area contributed by atoms with Crippen LogP contribution in [0, 0.1) is 0 Å². The van der Waals surface area contributed by atoms with Gasteiger partial charge in [0.15, 0.2) is 17.0 Å². The predicted molar refractivity (Wildman–Crippen MR) is 127 cm³/mol. The van der Waals surface area contributed by atoms with Crippen LogP contribution in [0.3, 0.4) is 0 Å². The highest BCUT2D eigenvalue weighted by molar-refractivity contribution is 6.76. The first-order chi connectivity index (χ1) is 15.2. The zero-order valence-corrected chi connectivity index (χ0v) is 20.2. The van der Waals surface area contributed by atoms with Crippen molar-refractivity contribution in [2.75, 3.05) is 6.61 Å². The van der Waals surface area contributed by atoms with Gasteiger partial charge in [0.2, 0.25) is 0 Å². The van der Waals surface area contributed by atoms with Crippen LogP contribution in [0.15, 0.2) is 46.1 Å². The van der Waals surface area contributed by atoms with Crippen LogP contribution in [0.5, 0.6) is 0 Å². The molecule has 1 aromatic carbocycles. The molecule has 0 atom stereocenters. The van der Waals surface area contributed by atoms with Crippen LogP contribution in [0.25, 0.3) is 28.4 Å². The summed E-state index contributed by atoms with van der Waals surface area (Å²) >= 11 is 6.07. The minimum absolute atomic E-state index is 0.000941. The van der Waals surface area contributed by atoms with Crippen molar-refractivity contribution in [1.29, 1.82) is 0 Å². The molecule has 9 nitrogen and oxygen atoms in total. The molecule has 1 N–H and O–H groups in total. The van der Waals surface area contributed by atoms with Crippen molar-refractivity contribution in [3.8, 4) is 17.2 Å². The summed E-state index contributed by atoms with van der Waals surface area (Å²) in [5.41, 5.74) is 0.777. The van der Waals surface area contributed by atoms with Crippen LogP contribution in [-0.4, -0.2) is 43.6 Å². The molecule has 0 bridgehead atoms. The van der Waals surface area contributed by atoms with E-state index in [0.717, 1.165) is 6.04 Å². The highest BCUT2D eigenvalue weighted by atomic mass is 35.5. The van der Waals surface area contributed by atoms with Gasteiger partial charge in [-0.25, -0.2) is 9.78 Å². The van der Waals surface area contributed by atoms with Crippen molar-refractivity contribution in [2.45, 2.75) is 32.4 Å². The molecule has 0 fully saturated rings. The fraction of sp³-hybridized carbons (Fsp3) is 0.333. The molecular weight excluding hydrogens is 448 g/mol. The quantitative estimate of drug-likeness (QED) is 0.329. The molecule has 0 unspecified atom stereocenters. The van der Waals surface area contributed by atoms with E-state index in [9.17, 15) is 9.59 Å². The number of fused-ring (bicyclic) bond motifs is 1. The number of ether oxygens (including phenoxy) is 1. The second-order valence-corrected chi connectivity index (χ2v) is 14.9. The maximum atomic E-state index is 12.9. The van der Waals surface area contributed by atoms with E-state index in [0.29, 0.717) is 28.8 Å². The van der Waals surface area contributed by atoms with E-state index < -0.39 is 19.3 Å². The number of aromatic amines is 1. The third-order valence-electron chi connectivity index (χ3n) is 5.15. The zero-order valence-electron chi connectivity index (χ0n) is 18.4. The van der Waals surface area contributed by atoms with Crippen LogP contribution in [-0.2, 0) is 18.5 Å². The standard InChI is InChI=1S/C21H25ClN6O3Si/c1-26-16(9-10-23-26)18-24-19-17(28(18)15-7-5-14(22)6-8-15)20(29)25-21(30)27(19)13-31-11-12-32(2,3)4/h5-10H,11-13H2,1-4H3,(H,25,29,30). The van der Waals surface area contributed by atoms with E-state index in [1.165, 1.54) is 4.57 Å². The molecule has 0 aliphatic rings. The fourth-order valence-corrected chi connectivity index (χ4v) is 4.26. The lowest BCUT2D eigenvalue weighted by Gasteiger charge is -2.15. The second-order valence-electron chi connectivity index (χ2n) is 8.79. The van der Waals surface area contributed by atoms with Gasteiger partial charge in [-0.3, -0.25) is 23.6 Å². The third-order valence-corrected chi connectivity index (χ3v) is 7.10. The molecule has 168 valence electrons. The average molecular weight is 473 g/mol. The number of nitrogens with one attached hydrogen (secondary N) is 1. The second kappa shape index (κ2) is 8.53. The first kappa shape index (κ1) is 22.2. The van der Waals surface area contributed by atoms with Crippen molar-refractivity contribution in [2.24, 2.45) is 7.05 Å². The topological polar surface area (TPSA) is 99.7 Å². The number of hydrogen-bond acceptors (Lipinski definition) is 5. The maximum Gasteiger partial charge on any atom is 0.332 e. The zero-order chi connectivity index (χ0) is 23.0. The van der Waals surface area contributed by atoms with Crippen molar-refractivity contribution in [1.82, 2.24) is 28.9 Å². The molecule has 0 radical (unpaired) electrons. The minimum atomic E-state index is -1.28. The Morgan fingerprint density at radius 3 is 2.47 bits per heavy atom.